The molecule has 0 rings (SSSR count). The fourth-order valence-electron chi connectivity index (χ4n) is 3.33. The van der Waals surface area contributed by atoms with Crippen LogP contribution >= 0.6 is 22.8 Å². The average Bonchev–Trinajstić information content (AvgIpc) is 2.77. The second-order valence-electron chi connectivity index (χ2n) is 8.40. The summed E-state index contributed by atoms with van der Waals surface area (Å²) in [6.45, 7) is 4.67. The van der Waals surface area contributed by atoms with Crippen LogP contribution in [0, 0.1) is 0 Å². The highest BCUT2D eigenvalue weighted by Crippen LogP contribution is 2.60. The smallest absolute Gasteiger partial charge is 0.324 e. The van der Waals surface area contributed by atoms with Crippen LogP contribution in [0.2, 0.25) is 0 Å². The lowest BCUT2D eigenvalue weighted by atomic mass is 10.1. The number of unbranched alkanes of at least 4 members (excludes halogenated alkanes) is 10. The van der Waals surface area contributed by atoms with Crippen LogP contribution in [0.3, 0.4) is 0 Å². The van der Waals surface area contributed by atoms with Crippen LogP contribution < -0.4 is 0 Å². The Morgan fingerprint density at radius 3 is 1.45 bits per heavy atom. The minimum Gasteiger partial charge on any atom is -0.324 e. The number of rotatable bonds is 23. The maximum atomic E-state index is 13.5. The van der Waals surface area contributed by atoms with E-state index in [-0.39, 0.29) is 13.2 Å². The van der Waals surface area contributed by atoms with Gasteiger partial charge in [0.25, 0.3) is 0 Å². The molecule has 0 aliphatic rings. The molecule has 0 saturated carbocycles. The number of hydrogen-bond acceptors (Lipinski definition) is 7. The Balaban J connectivity index is 5.10. The third kappa shape index (κ3) is 16.7. The van der Waals surface area contributed by atoms with E-state index >= 15 is 0 Å². The molecule has 0 aromatic heterocycles. The standard InChI is InChI=1S/C21H47O9P3/c1-5-7-9-11-13-15-17-29-32(24,30-18-16-14-12-10-8-6-2)20-21(33(25,26)28-4)19-31(22,23)27-3/h21H,5-20H2,1-4H3,(H,22,23)(H,25,26). The molecule has 0 heterocycles. The van der Waals surface area contributed by atoms with Crippen LogP contribution in [-0.4, -0.2) is 55.2 Å². The molecule has 0 aromatic rings. The first-order valence-corrected chi connectivity index (χ1v) is 17.3. The van der Waals surface area contributed by atoms with Crippen molar-refractivity contribution in [2.75, 3.05) is 39.8 Å². The molecule has 33 heavy (non-hydrogen) atoms. The maximum Gasteiger partial charge on any atom is 0.332 e. The highest BCUT2D eigenvalue weighted by atomic mass is 31.2. The molecule has 3 unspecified atom stereocenters. The first-order valence-electron chi connectivity index (χ1n) is 12.2. The summed E-state index contributed by atoms with van der Waals surface area (Å²) >= 11 is 0. The molecule has 0 aliphatic heterocycles. The largest absolute Gasteiger partial charge is 0.332 e. The van der Waals surface area contributed by atoms with E-state index in [2.05, 4.69) is 22.9 Å². The first-order chi connectivity index (χ1) is 15.6. The van der Waals surface area contributed by atoms with Gasteiger partial charge in [-0.05, 0) is 12.8 Å². The van der Waals surface area contributed by atoms with Crippen LogP contribution in [0.15, 0.2) is 0 Å². The molecule has 0 aliphatic carbocycles. The van der Waals surface area contributed by atoms with Gasteiger partial charge >= 0.3 is 22.8 Å². The summed E-state index contributed by atoms with van der Waals surface area (Å²) in [5.74, 6) is 0. The Kier molecular flexibility index (Phi) is 18.9. The maximum absolute atomic E-state index is 13.5. The zero-order valence-electron chi connectivity index (χ0n) is 21.0. The molecular formula is C21H47O9P3. The molecule has 0 fully saturated rings. The van der Waals surface area contributed by atoms with Crippen molar-refractivity contribution in [2.24, 2.45) is 0 Å². The van der Waals surface area contributed by atoms with Gasteiger partial charge in [0.1, 0.15) is 0 Å². The molecule has 0 saturated heterocycles. The number of hydrogen-bond donors (Lipinski definition) is 2. The van der Waals surface area contributed by atoms with E-state index in [4.69, 9.17) is 9.05 Å². The quantitative estimate of drug-likeness (QED) is 0.105. The Morgan fingerprint density at radius 1 is 0.636 bits per heavy atom. The second kappa shape index (κ2) is 18.7. The summed E-state index contributed by atoms with van der Waals surface area (Å²) in [6, 6.07) is 0. The van der Waals surface area contributed by atoms with Crippen LogP contribution in [-0.2, 0) is 31.8 Å². The molecule has 9 nitrogen and oxygen atoms in total. The molecule has 200 valence electrons. The second-order valence-corrected chi connectivity index (χ2v) is 14.7. The van der Waals surface area contributed by atoms with E-state index < -0.39 is 40.8 Å². The van der Waals surface area contributed by atoms with Crippen molar-refractivity contribution in [2.45, 2.75) is 96.6 Å². The lowest BCUT2D eigenvalue weighted by molar-refractivity contribution is 0.196. The third-order valence-corrected chi connectivity index (χ3v) is 11.4. The Morgan fingerprint density at radius 2 is 1.06 bits per heavy atom. The Hall–Kier alpha value is 0.450. The summed E-state index contributed by atoms with van der Waals surface area (Å²) in [6.07, 6.45) is 11.1. The Labute approximate surface area is 200 Å². The molecule has 0 amide bonds. The van der Waals surface area contributed by atoms with Crippen LogP contribution in [0.1, 0.15) is 90.9 Å². The highest BCUT2D eigenvalue weighted by Gasteiger charge is 2.43. The highest BCUT2D eigenvalue weighted by molar-refractivity contribution is 7.60. The van der Waals surface area contributed by atoms with Gasteiger partial charge < -0.3 is 27.9 Å². The lowest BCUT2D eigenvalue weighted by Crippen LogP contribution is -2.22. The monoisotopic (exact) mass is 536 g/mol. The molecule has 12 heteroatoms. The minimum atomic E-state index is -4.35. The zero-order valence-corrected chi connectivity index (χ0v) is 23.7. The van der Waals surface area contributed by atoms with Crippen molar-refractivity contribution >= 4 is 22.8 Å². The van der Waals surface area contributed by atoms with E-state index in [0.29, 0.717) is 12.8 Å². The molecule has 0 spiro atoms. The zero-order chi connectivity index (χ0) is 25.2. The van der Waals surface area contributed by atoms with Crippen molar-refractivity contribution < 1.29 is 41.6 Å². The molecule has 0 aromatic carbocycles. The van der Waals surface area contributed by atoms with E-state index in [1.165, 1.54) is 12.8 Å². The molecule has 0 bridgehead atoms. The van der Waals surface area contributed by atoms with E-state index in [1.54, 1.807) is 0 Å². The molecule has 3 atom stereocenters. The van der Waals surface area contributed by atoms with Gasteiger partial charge in [0, 0.05) is 14.2 Å². The summed E-state index contributed by atoms with van der Waals surface area (Å²) in [5.41, 5.74) is -1.42. The SMILES string of the molecule is CCCCCCCCOP(=O)(CC(CP(=O)(O)OC)P(=O)(O)OC)OCCCCCCCC. The van der Waals surface area contributed by atoms with Gasteiger partial charge in [0.15, 0.2) is 0 Å². The third-order valence-electron chi connectivity index (χ3n) is 5.46. The van der Waals surface area contributed by atoms with Crippen molar-refractivity contribution in [3.63, 3.8) is 0 Å². The summed E-state index contributed by atoms with van der Waals surface area (Å²) in [7, 11) is -10.2. The fourth-order valence-corrected chi connectivity index (χ4v) is 9.25. The predicted molar refractivity (Wildman–Crippen MR) is 133 cm³/mol. The van der Waals surface area contributed by atoms with Gasteiger partial charge in [-0.3, -0.25) is 13.7 Å². The van der Waals surface area contributed by atoms with Gasteiger partial charge in [-0.15, -0.1) is 0 Å². The molecular weight excluding hydrogens is 489 g/mol. The van der Waals surface area contributed by atoms with Crippen molar-refractivity contribution in [1.82, 2.24) is 0 Å². The molecule has 2 N–H and O–H groups in total. The summed E-state index contributed by atoms with van der Waals surface area (Å²) < 4.78 is 58.6. The predicted octanol–water partition coefficient (Wildman–Crippen LogP) is 6.97. The summed E-state index contributed by atoms with van der Waals surface area (Å²) in [4.78, 5) is 20.1. The van der Waals surface area contributed by atoms with Crippen molar-refractivity contribution in [3.05, 3.63) is 0 Å². The fraction of sp³-hybridized carbons (Fsp3) is 1.00. The van der Waals surface area contributed by atoms with Crippen LogP contribution in [0.5, 0.6) is 0 Å². The van der Waals surface area contributed by atoms with Crippen LogP contribution in [0.4, 0.5) is 0 Å². The average molecular weight is 537 g/mol. The van der Waals surface area contributed by atoms with Gasteiger partial charge in [0.2, 0.25) is 0 Å². The molecule has 0 radical (unpaired) electrons. The van der Waals surface area contributed by atoms with Gasteiger partial charge in [-0.2, -0.15) is 0 Å². The van der Waals surface area contributed by atoms with E-state index in [9.17, 15) is 23.5 Å². The van der Waals surface area contributed by atoms with Gasteiger partial charge in [-0.25, -0.2) is 0 Å². The van der Waals surface area contributed by atoms with Gasteiger partial charge in [-0.1, -0.05) is 78.1 Å². The Bertz CT molecular complexity index is 608. The summed E-state index contributed by atoms with van der Waals surface area (Å²) in [5, 5.41) is 0. The minimum absolute atomic E-state index is 0.191. The van der Waals surface area contributed by atoms with E-state index in [1.807, 2.05) is 0 Å². The van der Waals surface area contributed by atoms with E-state index in [0.717, 1.165) is 65.6 Å². The lowest BCUT2D eigenvalue weighted by Gasteiger charge is -2.27. The van der Waals surface area contributed by atoms with Crippen molar-refractivity contribution in [1.29, 1.82) is 0 Å². The van der Waals surface area contributed by atoms with Crippen molar-refractivity contribution in [3.8, 4) is 0 Å². The first kappa shape index (κ1) is 33.4. The van der Waals surface area contributed by atoms with Gasteiger partial charge in [0.05, 0.1) is 31.2 Å². The normalized spacial score (nSPS) is 16.9. The topological polar surface area (TPSA) is 129 Å². The van der Waals surface area contributed by atoms with Crippen LogP contribution in [0.25, 0.3) is 0 Å².